The van der Waals surface area contributed by atoms with Crippen LogP contribution in [0.2, 0.25) is 5.02 Å². The molecular formula is C16H16BrClN2O. The minimum atomic E-state index is -0.0907. The maximum atomic E-state index is 11.9. The van der Waals surface area contributed by atoms with Crippen molar-refractivity contribution in [3.05, 3.63) is 63.6 Å². The number of halogens is 2. The summed E-state index contributed by atoms with van der Waals surface area (Å²) in [4.78, 5) is 11.9. The van der Waals surface area contributed by atoms with Crippen LogP contribution in [0, 0.1) is 0 Å². The van der Waals surface area contributed by atoms with Crippen molar-refractivity contribution in [2.24, 2.45) is 0 Å². The third-order valence-corrected chi connectivity index (χ3v) is 3.89. The van der Waals surface area contributed by atoms with E-state index >= 15 is 0 Å². The van der Waals surface area contributed by atoms with Crippen LogP contribution < -0.4 is 10.6 Å². The van der Waals surface area contributed by atoms with Gasteiger partial charge in [0.1, 0.15) is 0 Å². The number of hydrogen-bond donors (Lipinski definition) is 2. The van der Waals surface area contributed by atoms with Gasteiger partial charge in [-0.05, 0) is 36.8 Å². The molecule has 0 aliphatic carbocycles. The summed E-state index contributed by atoms with van der Waals surface area (Å²) in [6, 6.07) is 15.1. The van der Waals surface area contributed by atoms with Gasteiger partial charge in [-0.2, -0.15) is 0 Å². The number of nitrogens with one attached hydrogen (secondary N) is 2. The maximum absolute atomic E-state index is 11.9. The summed E-state index contributed by atoms with van der Waals surface area (Å²) in [7, 11) is 0. The highest BCUT2D eigenvalue weighted by Crippen LogP contribution is 2.22. The fourth-order valence-corrected chi connectivity index (χ4v) is 2.65. The molecule has 3 nitrogen and oxygen atoms in total. The average Bonchev–Trinajstić information content (AvgIpc) is 2.45. The molecule has 1 amide bonds. The fourth-order valence-electron chi connectivity index (χ4n) is 1.95. The van der Waals surface area contributed by atoms with Gasteiger partial charge in [-0.1, -0.05) is 51.8 Å². The second kappa shape index (κ2) is 7.59. The van der Waals surface area contributed by atoms with E-state index < -0.39 is 0 Å². The Morgan fingerprint density at radius 1 is 1.24 bits per heavy atom. The van der Waals surface area contributed by atoms with Crippen LogP contribution in [0.3, 0.4) is 0 Å². The monoisotopic (exact) mass is 366 g/mol. The number of hydrogen-bond acceptors (Lipinski definition) is 2. The van der Waals surface area contributed by atoms with E-state index in [0.29, 0.717) is 5.02 Å². The van der Waals surface area contributed by atoms with E-state index in [1.54, 1.807) is 0 Å². The minimum Gasteiger partial charge on any atom is -0.325 e. The molecule has 1 atom stereocenters. The first-order valence-corrected chi connectivity index (χ1v) is 7.76. The molecule has 110 valence electrons. The van der Waals surface area contributed by atoms with Crippen molar-refractivity contribution in [3.63, 3.8) is 0 Å². The Bertz CT molecular complexity index is 633. The Kier molecular flexibility index (Phi) is 5.79. The van der Waals surface area contributed by atoms with E-state index in [4.69, 9.17) is 11.6 Å². The van der Waals surface area contributed by atoms with Crippen LogP contribution in [0.1, 0.15) is 18.5 Å². The Morgan fingerprint density at radius 2 is 2.00 bits per heavy atom. The standard InChI is InChI=1S/C16H16BrClN2O/c1-11(14-7-2-3-8-15(14)18)19-10-16(21)20-13-6-4-5-12(17)9-13/h2-9,11,19H,10H2,1H3,(H,20,21)/t11-/m0/s1. The van der Waals surface area contributed by atoms with Crippen molar-refractivity contribution in [2.45, 2.75) is 13.0 Å². The Labute approximate surface area is 137 Å². The number of rotatable bonds is 5. The van der Waals surface area contributed by atoms with Gasteiger partial charge in [0.2, 0.25) is 5.91 Å². The quantitative estimate of drug-likeness (QED) is 0.823. The summed E-state index contributed by atoms with van der Waals surface area (Å²) in [5, 5.41) is 6.70. The van der Waals surface area contributed by atoms with Crippen molar-refractivity contribution in [2.75, 3.05) is 11.9 Å². The molecule has 0 aromatic heterocycles. The molecule has 0 spiro atoms. The SMILES string of the molecule is C[C@H](NCC(=O)Nc1cccc(Br)c1)c1ccccc1Cl. The second-order valence-electron chi connectivity index (χ2n) is 4.68. The first kappa shape index (κ1) is 16.0. The normalized spacial score (nSPS) is 12.0. The lowest BCUT2D eigenvalue weighted by Gasteiger charge is -2.15. The van der Waals surface area contributed by atoms with E-state index in [1.807, 2.05) is 55.5 Å². The first-order valence-electron chi connectivity index (χ1n) is 6.59. The smallest absolute Gasteiger partial charge is 0.238 e. The Morgan fingerprint density at radius 3 is 2.71 bits per heavy atom. The van der Waals surface area contributed by atoms with E-state index in [0.717, 1.165) is 15.7 Å². The summed E-state index contributed by atoms with van der Waals surface area (Å²) in [6.45, 7) is 2.20. The van der Waals surface area contributed by atoms with Crippen molar-refractivity contribution in [3.8, 4) is 0 Å². The number of carbonyl (C=O) groups is 1. The van der Waals surface area contributed by atoms with Gasteiger partial charge in [-0.15, -0.1) is 0 Å². The molecule has 0 unspecified atom stereocenters. The van der Waals surface area contributed by atoms with Crippen LogP contribution in [-0.4, -0.2) is 12.5 Å². The van der Waals surface area contributed by atoms with Crippen molar-refractivity contribution in [1.82, 2.24) is 5.32 Å². The number of anilines is 1. The van der Waals surface area contributed by atoms with Crippen molar-refractivity contribution in [1.29, 1.82) is 0 Å². The van der Waals surface area contributed by atoms with Crippen LogP contribution >= 0.6 is 27.5 Å². The van der Waals surface area contributed by atoms with Crippen LogP contribution in [-0.2, 0) is 4.79 Å². The van der Waals surface area contributed by atoms with Crippen LogP contribution in [0.5, 0.6) is 0 Å². The summed E-state index contributed by atoms with van der Waals surface area (Å²) < 4.78 is 0.928. The van der Waals surface area contributed by atoms with Crippen LogP contribution in [0.4, 0.5) is 5.69 Å². The van der Waals surface area contributed by atoms with Crippen LogP contribution in [0.15, 0.2) is 53.0 Å². The summed E-state index contributed by atoms with van der Waals surface area (Å²) >= 11 is 9.51. The molecule has 0 fully saturated rings. The van der Waals surface area contributed by atoms with Gasteiger partial charge in [0, 0.05) is 21.2 Å². The highest BCUT2D eigenvalue weighted by molar-refractivity contribution is 9.10. The van der Waals surface area contributed by atoms with E-state index in [2.05, 4.69) is 26.6 Å². The largest absolute Gasteiger partial charge is 0.325 e. The molecular weight excluding hydrogens is 352 g/mol. The van der Waals surface area contributed by atoms with Gasteiger partial charge in [0.05, 0.1) is 6.54 Å². The lowest BCUT2D eigenvalue weighted by molar-refractivity contribution is -0.115. The average molecular weight is 368 g/mol. The first-order chi connectivity index (χ1) is 10.1. The molecule has 2 aromatic rings. The molecule has 0 aliphatic rings. The van der Waals surface area contributed by atoms with Crippen molar-refractivity contribution < 1.29 is 4.79 Å². The summed E-state index contributed by atoms with van der Waals surface area (Å²) in [5.74, 6) is -0.0907. The lowest BCUT2D eigenvalue weighted by Crippen LogP contribution is -2.30. The van der Waals surface area contributed by atoms with Gasteiger partial charge in [0.15, 0.2) is 0 Å². The number of benzene rings is 2. The Balaban J connectivity index is 1.88. The predicted octanol–water partition coefficient (Wildman–Crippen LogP) is 4.39. The van der Waals surface area contributed by atoms with E-state index in [-0.39, 0.29) is 18.5 Å². The molecule has 0 bridgehead atoms. The minimum absolute atomic E-state index is 0.00644. The van der Waals surface area contributed by atoms with Crippen molar-refractivity contribution >= 4 is 39.1 Å². The lowest BCUT2D eigenvalue weighted by atomic mass is 10.1. The molecule has 0 saturated heterocycles. The molecule has 21 heavy (non-hydrogen) atoms. The summed E-state index contributed by atoms with van der Waals surface area (Å²) in [5.41, 5.74) is 1.75. The predicted molar refractivity (Wildman–Crippen MR) is 90.6 cm³/mol. The molecule has 0 heterocycles. The fraction of sp³-hybridized carbons (Fsp3) is 0.188. The second-order valence-corrected chi connectivity index (χ2v) is 6.01. The van der Waals surface area contributed by atoms with Gasteiger partial charge in [-0.25, -0.2) is 0 Å². The van der Waals surface area contributed by atoms with Gasteiger partial charge >= 0.3 is 0 Å². The van der Waals surface area contributed by atoms with Gasteiger partial charge < -0.3 is 10.6 Å². The van der Waals surface area contributed by atoms with E-state index in [9.17, 15) is 4.79 Å². The number of amides is 1. The third-order valence-electron chi connectivity index (χ3n) is 3.05. The van der Waals surface area contributed by atoms with Gasteiger partial charge in [-0.3, -0.25) is 4.79 Å². The highest BCUT2D eigenvalue weighted by atomic mass is 79.9. The molecule has 2 N–H and O–H groups in total. The third kappa shape index (κ3) is 4.84. The molecule has 2 rings (SSSR count). The zero-order valence-corrected chi connectivity index (χ0v) is 13.9. The zero-order chi connectivity index (χ0) is 15.2. The van der Waals surface area contributed by atoms with Gasteiger partial charge in [0.25, 0.3) is 0 Å². The highest BCUT2D eigenvalue weighted by Gasteiger charge is 2.10. The maximum Gasteiger partial charge on any atom is 0.238 e. The van der Waals surface area contributed by atoms with E-state index in [1.165, 1.54) is 0 Å². The van der Waals surface area contributed by atoms with Crippen LogP contribution in [0.25, 0.3) is 0 Å². The Hall–Kier alpha value is -1.36. The molecule has 2 aromatic carbocycles. The molecule has 0 saturated carbocycles. The summed E-state index contributed by atoms with van der Waals surface area (Å²) in [6.07, 6.45) is 0. The number of carbonyl (C=O) groups excluding carboxylic acids is 1. The molecule has 5 heteroatoms. The molecule has 0 aliphatic heterocycles. The topological polar surface area (TPSA) is 41.1 Å². The zero-order valence-electron chi connectivity index (χ0n) is 11.6. The molecule has 0 radical (unpaired) electrons.